The van der Waals surface area contributed by atoms with Crippen molar-refractivity contribution in [3.63, 3.8) is 0 Å². The summed E-state index contributed by atoms with van der Waals surface area (Å²) in [6.07, 6.45) is 6.95. The third-order valence-corrected chi connectivity index (χ3v) is 4.05. The van der Waals surface area contributed by atoms with Gasteiger partial charge in [0.15, 0.2) is 0 Å². The summed E-state index contributed by atoms with van der Waals surface area (Å²) in [6.45, 7) is 3.58. The highest BCUT2D eigenvalue weighted by Crippen LogP contribution is 2.22. The fourth-order valence-electron chi connectivity index (χ4n) is 2.72. The average Bonchev–Trinajstić information content (AvgIpc) is 2.72. The molecule has 0 bridgehead atoms. The summed E-state index contributed by atoms with van der Waals surface area (Å²) in [6, 6.07) is 3.57. The van der Waals surface area contributed by atoms with E-state index >= 15 is 0 Å². The van der Waals surface area contributed by atoms with E-state index in [1.165, 1.54) is 25.7 Å². The van der Waals surface area contributed by atoms with E-state index in [-0.39, 0.29) is 18.6 Å². The molecule has 1 aliphatic carbocycles. The summed E-state index contributed by atoms with van der Waals surface area (Å²) in [4.78, 5) is 11.9. The lowest BCUT2D eigenvalue weighted by Gasteiger charge is -2.23. The van der Waals surface area contributed by atoms with Crippen LogP contribution >= 0.6 is 0 Å². The number of nitrogens with one attached hydrogen (secondary N) is 2. The van der Waals surface area contributed by atoms with E-state index < -0.39 is 5.60 Å². The molecule has 0 aliphatic heterocycles. The lowest BCUT2D eigenvalue weighted by molar-refractivity contribution is 0.0358. The van der Waals surface area contributed by atoms with Crippen LogP contribution in [-0.4, -0.2) is 23.7 Å². The van der Waals surface area contributed by atoms with Gasteiger partial charge < -0.3 is 20.2 Å². The summed E-state index contributed by atoms with van der Waals surface area (Å²) in [5.41, 5.74) is -1.20. The molecule has 0 radical (unpaired) electrons. The number of aliphatic hydroxyl groups is 1. The molecule has 1 unspecified atom stereocenters. The van der Waals surface area contributed by atoms with Gasteiger partial charge in [0.25, 0.3) is 0 Å². The molecule has 1 saturated carbocycles. The fraction of sp³-hybridized carbons (Fsp3) is 0.688. The number of rotatable bonds is 4. The Morgan fingerprint density at radius 3 is 2.57 bits per heavy atom. The fourth-order valence-corrected chi connectivity index (χ4v) is 2.72. The third-order valence-electron chi connectivity index (χ3n) is 4.05. The van der Waals surface area contributed by atoms with Crippen LogP contribution in [0.2, 0.25) is 0 Å². The minimum atomic E-state index is -1.20. The van der Waals surface area contributed by atoms with Gasteiger partial charge in [-0.2, -0.15) is 0 Å². The molecule has 1 aromatic rings. The molecule has 1 aliphatic rings. The monoisotopic (exact) mass is 294 g/mol. The smallest absolute Gasteiger partial charge is 0.315 e. The van der Waals surface area contributed by atoms with E-state index in [4.69, 9.17) is 4.42 Å². The van der Waals surface area contributed by atoms with Crippen molar-refractivity contribution in [2.24, 2.45) is 0 Å². The number of hydrogen-bond donors (Lipinski definition) is 3. The Hall–Kier alpha value is -1.49. The summed E-state index contributed by atoms with van der Waals surface area (Å²) in [7, 11) is 0. The normalized spacial score (nSPS) is 19.6. The van der Waals surface area contributed by atoms with Gasteiger partial charge in [0.2, 0.25) is 0 Å². The molecule has 1 atom stereocenters. The highest BCUT2D eigenvalue weighted by atomic mass is 16.4. The molecular formula is C16H26N2O3. The second-order valence-corrected chi connectivity index (χ2v) is 6.20. The van der Waals surface area contributed by atoms with Crippen LogP contribution in [0.15, 0.2) is 16.5 Å². The first-order chi connectivity index (χ1) is 9.97. The molecule has 21 heavy (non-hydrogen) atoms. The zero-order valence-electron chi connectivity index (χ0n) is 12.9. The minimum Gasteiger partial charge on any atom is -0.463 e. The van der Waals surface area contributed by atoms with Gasteiger partial charge >= 0.3 is 6.03 Å². The minimum absolute atomic E-state index is 0.124. The molecule has 5 heteroatoms. The summed E-state index contributed by atoms with van der Waals surface area (Å²) >= 11 is 0. The van der Waals surface area contributed by atoms with E-state index in [0.717, 1.165) is 18.6 Å². The Labute approximate surface area is 126 Å². The van der Waals surface area contributed by atoms with Gasteiger partial charge in [-0.25, -0.2) is 4.79 Å². The Balaban J connectivity index is 1.80. The lowest BCUT2D eigenvalue weighted by atomic mass is 10.0. The molecule has 1 aromatic heterocycles. The van der Waals surface area contributed by atoms with E-state index in [9.17, 15) is 9.90 Å². The van der Waals surface area contributed by atoms with Gasteiger partial charge in [-0.05, 0) is 38.8 Å². The summed E-state index contributed by atoms with van der Waals surface area (Å²) < 4.78 is 5.43. The Morgan fingerprint density at radius 1 is 1.33 bits per heavy atom. The maximum absolute atomic E-state index is 11.9. The largest absolute Gasteiger partial charge is 0.463 e. The maximum Gasteiger partial charge on any atom is 0.315 e. The first-order valence-electron chi connectivity index (χ1n) is 7.81. The van der Waals surface area contributed by atoms with Crippen molar-refractivity contribution in [1.29, 1.82) is 0 Å². The molecule has 0 aromatic carbocycles. The maximum atomic E-state index is 11.9. The van der Waals surface area contributed by atoms with Crippen molar-refractivity contribution in [1.82, 2.24) is 10.6 Å². The number of carbonyl (C=O) groups excluding carboxylic acids is 1. The molecule has 1 heterocycles. The second-order valence-electron chi connectivity index (χ2n) is 6.20. The van der Waals surface area contributed by atoms with E-state index in [0.29, 0.717) is 5.76 Å². The van der Waals surface area contributed by atoms with Crippen molar-refractivity contribution >= 4 is 6.03 Å². The van der Waals surface area contributed by atoms with Crippen LogP contribution in [0, 0.1) is 6.92 Å². The molecule has 3 N–H and O–H groups in total. The Bertz CT molecular complexity index is 460. The van der Waals surface area contributed by atoms with Gasteiger partial charge in [-0.1, -0.05) is 25.7 Å². The molecular weight excluding hydrogens is 268 g/mol. The molecule has 2 amide bonds. The Morgan fingerprint density at radius 2 is 2.00 bits per heavy atom. The summed E-state index contributed by atoms with van der Waals surface area (Å²) in [5.74, 6) is 1.21. The van der Waals surface area contributed by atoms with Crippen LogP contribution in [0.3, 0.4) is 0 Å². The predicted octanol–water partition coefficient (Wildman–Crippen LogP) is 2.82. The van der Waals surface area contributed by atoms with Crippen LogP contribution in [0.1, 0.15) is 57.0 Å². The second kappa shape index (κ2) is 6.98. The third kappa shape index (κ3) is 4.77. The number of urea groups is 1. The van der Waals surface area contributed by atoms with Gasteiger partial charge in [-0.15, -0.1) is 0 Å². The van der Waals surface area contributed by atoms with Crippen molar-refractivity contribution in [2.45, 2.75) is 64.0 Å². The predicted molar refractivity (Wildman–Crippen MR) is 81.0 cm³/mol. The highest BCUT2D eigenvalue weighted by molar-refractivity contribution is 5.74. The zero-order chi connectivity index (χ0) is 15.3. The van der Waals surface area contributed by atoms with Crippen molar-refractivity contribution in [3.05, 3.63) is 23.7 Å². The number of furan rings is 1. The molecule has 2 rings (SSSR count). The first kappa shape index (κ1) is 15.9. The molecule has 0 spiro atoms. The van der Waals surface area contributed by atoms with Gasteiger partial charge in [-0.3, -0.25) is 0 Å². The standard InChI is InChI=1S/C16H26N2O3/c1-12-9-10-14(21-12)16(2,20)11-17-15(19)18-13-7-5-3-4-6-8-13/h9-10,13,20H,3-8,11H2,1-2H3,(H2,17,18,19). The molecule has 5 nitrogen and oxygen atoms in total. The van der Waals surface area contributed by atoms with Crippen LogP contribution in [0.5, 0.6) is 0 Å². The number of amides is 2. The van der Waals surface area contributed by atoms with Crippen LogP contribution in [0.25, 0.3) is 0 Å². The van der Waals surface area contributed by atoms with Crippen molar-refractivity contribution < 1.29 is 14.3 Å². The van der Waals surface area contributed by atoms with Gasteiger partial charge in [0, 0.05) is 6.04 Å². The van der Waals surface area contributed by atoms with Crippen LogP contribution in [-0.2, 0) is 5.60 Å². The first-order valence-corrected chi connectivity index (χ1v) is 7.81. The topological polar surface area (TPSA) is 74.5 Å². The molecule has 118 valence electrons. The van der Waals surface area contributed by atoms with E-state index in [1.54, 1.807) is 19.1 Å². The molecule has 0 saturated heterocycles. The van der Waals surface area contributed by atoms with E-state index in [2.05, 4.69) is 10.6 Å². The summed E-state index contributed by atoms with van der Waals surface area (Å²) in [5, 5.41) is 16.1. The van der Waals surface area contributed by atoms with Crippen molar-refractivity contribution in [3.8, 4) is 0 Å². The highest BCUT2D eigenvalue weighted by Gasteiger charge is 2.27. The quantitative estimate of drug-likeness (QED) is 0.748. The number of carbonyl (C=O) groups is 1. The Kier molecular flexibility index (Phi) is 5.28. The van der Waals surface area contributed by atoms with Gasteiger partial charge in [0.1, 0.15) is 17.1 Å². The molecule has 1 fully saturated rings. The lowest BCUT2D eigenvalue weighted by Crippen LogP contribution is -2.46. The van der Waals surface area contributed by atoms with Crippen LogP contribution < -0.4 is 10.6 Å². The van der Waals surface area contributed by atoms with E-state index in [1.807, 2.05) is 6.92 Å². The zero-order valence-corrected chi connectivity index (χ0v) is 12.9. The van der Waals surface area contributed by atoms with Crippen LogP contribution in [0.4, 0.5) is 4.79 Å². The SMILES string of the molecule is Cc1ccc(C(C)(O)CNC(=O)NC2CCCCCC2)o1. The average molecular weight is 294 g/mol. The number of aryl methyl sites for hydroxylation is 1. The number of hydrogen-bond acceptors (Lipinski definition) is 3. The van der Waals surface area contributed by atoms with Gasteiger partial charge in [0.05, 0.1) is 6.54 Å². The van der Waals surface area contributed by atoms with Crippen molar-refractivity contribution in [2.75, 3.05) is 6.54 Å².